The number of carbonyl (C=O) groups is 1. The number of carbonyl (C=O) groups excluding carboxylic acids is 1. The van der Waals surface area contributed by atoms with Gasteiger partial charge in [-0.05, 0) is 47.9 Å². The van der Waals surface area contributed by atoms with Gasteiger partial charge in [0.05, 0.1) is 15.9 Å². The molecule has 1 amide bonds. The number of imidazole rings is 1. The van der Waals surface area contributed by atoms with Crippen molar-refractivity contribution >= 4 is 34.5 Å². The van der Waals surface area contributed by atoms with Gasteiger partial charge in [0.25, 0.3) is 5.91 Å². The molecule has 0 radical (unpaired) electrons. The molecule has 0 fully saturated rings. The Labute approximate surface area is 169 Å². The number of amides is 1. The SMILES string of the molecule is O=C(c1ccc2nccn2c1)N1CCc2sc(Cl)cc2[C@@H]1c1ccc(F)cc1. The maximum atomic E-state index is 13.5. The van der Waals surface area contributed by atoms with Gasteiger partial charge in [-0.15, -0.1) is 11.3 Å². The number of hydrogen-bond donors (Lipinski definition) is 0. The van der Waals surface area contributed by atoms with Crippen LogP contribution < -0.4 is 0 Å². The number of aromatic nitrogens is 2. The molecule has 0 saturated heterocycles. The lowest BCUT2D eigenvalue weighted by atomic mass is 9.92. The minimum atomic E-state index is -0.299. The molecule has 0 N–H and O–H groups in total. The van der Waals surface area contributed by atoms with E-state index < -0.39 is 0 Å². The smallest absolute Gasteiger partial charge is 0.256 e. The highest BCUT2D eigenvalue weighted by molar-refractivity contribution is 7.16. The molecular formula is C21H15ClFN3OS. The van der Waals surface area contributed by atoms with Crippen LogP contribution >= 0.6 is 22.9 Å². The van der Waals surface area contributed by atoms with Crippen LogP contribution in [0, 0.1) is 5.82 Å². The van der Waals surface area contributed by atoms with Crippen molar-refractivity contribution in [2.75, 3.05) is 6.54 Å². The quantitative estimate of drug-likeness (QED) is 0.466. The summed E-state index contributed by atoms with van der Waals surface area (Å²) in [7, 11) is 0. The van der Waals surface area contributed by atoms with Crippen LogP contribution in [0.3, 0.4) is 0 Å². The van der Waals surface area contributed by atoms with Crippen LogP contribution in [0.5, 0.6) is 0 Å². The predicted molar refractivity (Wildman–Crippen MR) is 108 cm³/mol. The molecule has 1 aliphatic heterocycles. The molecule has 4 heterocycles. The van der Waals surface area contributed by atoms with E-state index in [0.717, 1.165) is 23.2 Å². The zero-order valence-electron chi connectivity index (χ0n) is 14.7. The highest BCUT2D eigenvalue weighted by atomic mass is 35.5. The summed E-state index contributed by atoms with van der Waals surface area (Å²) in [6.45, 7) is 0.576. The lowest BCUT2D eigenvalue weighted by Gasteiger charge is -2.36. The number of halogens is 2. The molecule has 5 rings (SSSR count). The molecule has 3 aromatic heterocycles. The zero-order valence-corrected chi connectivity index (χ0v) is 16.3. The van der Waals surface area contributed by atoms with Gasteiger partial charge in [0.1, 0.15) is 11.5 Å². The minimum Gasteiger partial charge on any atom is -0.327 e. The molecule has 0 unspecified atom stereocenters. The number of nitrogens with zero attached hydrogens (tertiary/aromatic N) is 3. The van der Waals surface area contributed by atoms with E-state index in [9.17, 15) is 9.18 Å². The number of hydrogen-bond acceptors (Lipinski definition) is 3. The van der Waals surface area contributed by atoms with Gasteiger partial charge in [0.15, 0.2) is 0 Å². The first kappa shape index (κ1) is 17.4. The predicted octanol–water partition coefficient (Wildman–Crippen LogP) is 4.98. The van der Waals surface area contributed by atoms with Crippen molar-refractivity contribution in [3.8, 4) is 0 Å². The highest BCUT2D eigenvalue weighted by Crippen LogP contribution is 2.41. The van der Waals surface area contributed by atoms with Gasteiger partial charge in [-0.1, -0.05) is 23.7 Å². The third kappa shape index (κ3) is 2.89. The third-order valence-electron chi connectivity index (χ3n) is 5.08. The van der Waals surface area contributed by atoms with Crippen LogP contribution in [-0.2, 0) is 6.42 Å². The van der Waals surface area contributed by atoms with E-state index in [2.05, 4.69) is 4.98 Å². The Morgan fingerprint density at radius 2 is 2.04 bits per heavy atom. The largest absolute Gasteiger partial charge is 0.327 e. The van der Waals surface area contributed by atoms with Crippen molar-refractivity contribution in [1.29, 1.82) is 0 Å². The fourth-order valence-corrected chi connectivity index (χ4v) is 5.09. The lowest BCUT2D eigenvalue weighted by molar-refractivity contribution is 0.0695. The molecule has 7 heteroatoms. The second kappa shape index (κ2) is 6.72. The Bertz CT molecular complexity index is 1180. The van der Waals surface area contributed by atoms with Crippen LogP contribution in [-0.4, -0.2) is 26.7 Å². The molecule has 140 valence electrons. The number of rotatable bonds is 2. The van der Waals surface area contributed by atoms with Crippen LogP contribution in [0.25, 0.3) is 5.65 Å². The van der Waals surface area contributed by atoms with Gasteiger partial charge in [-0.3, -0.25) is 4.79 Å². The summed E-state index contributed by atoms with van der Waals surface area (Å²) in [6, 6.07) is 11.6. The maximum absolute atomic E-state index is 13.5. The van der Waals surface area contributed by atoms with Crippen molar-refractivity contribution < 1.29 is 9.18 Å². The molecule has 4 aromatic rings. The molecule has 4 nitrogen and oxygen atoms in total. The van der Waals surface area contributed by atoms with Crippen LogP contribution in [0.1, 0.15) is 32.4 Å². The summed E-state index contributed by atoms with van der Waals surface area (Å²) in [6.07, 6.45) is 6.06. The van der Waals surface area contributed by atoms with E-state index in [-0.39, 0.29) is 17.8 Å². The standard InChI is InChI=1S/C21H15ClFN3OS/c22-18-11-16-17(28-18)7-9-26(20(16)13-1-4-15(23)5-2-13)21(27)14-3-6-19-24-8-10-25(19)12-14/h1-6,8,10-12,20H,7,9H2/t20-/m0/s1. The van der Waals surface area contributed by atoms with E-state index in [1.165, 1.54) is 17.0 Å². The molecule has 28 heavy (non-hydrogen) atoms. The third-order valence-corrected chi connectivity index (χ3v) is 6.42. The summed E-state index contributed by atoms with van der Waals surface area (Å²) >= 11 is 7.82. The number of benzene rings is 1. The first-order valence-electron chi connectivity index (χ1n) is 8.87. The molecule has 1 atom stereocenters. The Balaban J connectivity index is 1.59. The van der Waals surface area contributed by atoms with Crippen molar-refractivity contribution in [2.45, 2.75) is 12.5 Å². The molecule has 0 saturated carbocycles. The van der Waals surface area contributed by atoms with Crippen LogP contribution in [0.4, 0.5) is 4.39 Å². The molecule has 0 spiro atoms. The number of thiophene rings is 1. The molecule has 0 aliphatic carbocycles. The highest BCUT2D eigenvalue weighted by Gasteiger charge is 2.34. The van der Waals surface area contributed by atoms with Crippen molar-refractivity contribution in [3.05, 3.63) is 92.8 Å². The fourth-order valence-electron chi connectivity index (χ4n) is 3.79. The topological polar surface area (TPSA) is 37.6 Å². The van der Waals surface area contributed by atoms with Crippen molar-refractivity contribution in [3.63, 3.8) is 0 Å². The summed E-state index contributed by atoms with van der Waals surface area (Å²) in [5.74, 6) is -0.371. The monoisotopic (exact) mass is 411 g/mol. The van der Waals surface area contributed by atoms with Crippen LogP contribution in [0.15, 0.2) is 61.1 Å². The summed E-state index contributed by atoms with van der Waals surface area (Å²) in [5.41, 5.74) is 3.26. The van der Waals surface area contributed by atoms with Crippen molar-refractivity contribution in [1.82, 2.24) is 14.3 Å². The second-order valence-corrected chi connectivity index (χ2v) is 8.51. The Morgan fingerprint density at radius 3 is 2.86 bits per heavy atom. The normalized spacial score (nSPS) is 16.4. The fraction of sp³-hybridized carbons (Fsp3) is 0.143. The molecular weight excluding hydrogens is 397 g/mol. The van der Waals surface area contributed by atoms with Gasteiger partial charge in [0.2, 0.25) is 0 Å². The van der Waals surface area contributed by atoms with Gasteiger partial charge in [0, 0.05) is 30.0 Å². The summed E-state index contributed by atoms with van der Waals surface area (Å²) in [4.78, 5) is 20.7. The van der Waals surface area contributed by atoms with Crippen LogP contribution in [0.2, 0.25) is 4.34 Å². The number of pyridine rings is 1. The Morgan fingerprint density at radius 1 is 1.21 bits per heavy atom. The van der Waals surface area contributed by atoms with E-state index in [1.54, 1.807) is 41.9 Å². The van der Waals surface area contributed by atoms with Gasteiger partial charge in [-0.2, -0.15) is 0 Å². The van der Waals surface area contributed by atoms with Crippen molar-refractivity contribution in [2.24, 2.45) is 0 Å². The zero-order chi connectivity index (χ0) is 19.3. The second-order valence-electron chi connectivity index (χ2n) is 6.74. The molecule has 0 bridgehead atoms. The average Bonchev–Trinajstić information content (AvgIpc) is 3.32. The summed E-state index contributed by atoms with van der Waals surface area (Å²) in [5, 5.41) is 0. The lowest BCUT2D eigenvalue weighted by Crippen LogP contribution is -2.40. The number of fused-ring (bicyclic) bond motifs is 2. The average molecular weight is 412 g/mol. The summed E-state index contributed by atoms with van der Waals surface area (Å²) < 4.78 is 16.0. The molecule has 1 aromatic carbocycles. The first-order chi connectivity index (χ1) is 13.6. The van der Waals surface area contributed by atoms with E-state index in [4.69, 9.17) is 11.6 Å². The van der Waals surface area contributed by atoms with E-state index in [1.807, 2.05) is 27.6 Å². The van der Waals surface area contributed by atoms with E-state index >= 15 is 0 Å². The Hall–Kier alpha value is -2.70. The van der Waals surface area contributed by atoms with Gasteiger partial charge >= 0.3 is 0 Å². The maximum Gasteiger partial charge on any atom is 0.256 e. The van der Waals surface area contributed by atoms with Gasteiger partial charge in [-0.25, -0.2) is 9.37 Å². The first-order valence-corrected chi connectivity index (χ1v) is 10.1. The molecule has 1 aliphatic rings. The Kier molecular flexibility index (Phi) is 4.18. The minimum absolute atomic E-state index is 0.0714. The van der Waals surface area contributed by atoms with Gasteiger partial charge < -0.3 is 9.30 Å². The van der Waals surface area contributed by atoms with E-state index in [0.29, 0.717) is 16.4 Å².